The van der Waals surface area contributed by atoms with Crippen LogP contribution in [-0.4, -0.2) is 67.7 Å². The van der Waals surface area contributed by atoms with Gasteiger partial charge in [-0.25, -0.2) is 4.79 Å². The molecule has 0 aliphatic carbocycles. The Bertz CT molecular complexity index is 358. The summed E-state index contributed by atoms with van der Waals surface area (Å²) in [5.74, 6) is -0.596. The number of esters is 1. The van der Waals surface area contributed by atoms with Crippen molar-refractivity contribution in [2.24, 2.45) is 5.92 Å². The number of hydrogen-bond acceptors (Lipinski definition) is 4. The van der Waals surface area contributed by atoms with E-state index in [0.717, 1.165) is 25.9 Å². The van der Waals surface area contributed by atoms with Crippen molar-refractivity contribution in [1.82, 2.24) is 15.1 Å². The summed E-state index contributed by atoms with van der Waals surface area (Å²) >= 11 is 0. The fourth-order valence-electron chi connectivity index (χ4n) is 2.34. The third-order valence-electron chi connectivity index (χ3n) is 3.73. The molecule has 2 amide bonds. The number of amides is 2. The van der Waals surface area contributed by atoms with Gasteiger partial charge in [-0.15, -0.1) is 0 Å². The lowest BCUT2D eigenvalue weighted by Gasteiger charge is -2.36. The lowest BCUT2D eigenvalue weighted by Crippen LogP contribution is -2.51. The molecule has 0 bridgehead atoms. The zero-order chi connectivity index (χ0) is 16.0. The molecule has 6 nitrogen and oxygen atoms in total. The highest BCUT2D eigenvalue weighted by atomic mass is 16.5. The van der Waals surface area contributed by atoms with Gasteiger partial charge in [-0.05, 0) is 40.8 Å². The van der Waals surface area contributed by atoms with E-state index < -0.39 is 0 Å². The normalized spacial score (nSPS) is 20.5. The molecule has 1 rings (SSSR count). The minimum absolute atomic E-state index is 0.0919. The van der Waals surface area contributed by atoms with Gasteiger partial charge >= 0.3 is 12.0 Å². The van der Waals surface area contributed by atoms with E-state index in [4.69, 9.17) is 4.74 Å². The van der Waals surface area contributed by atoms with Crippen LogP contribution < -0.4 is 5.32 Å². The number of likely N-dealkylation sites (N-methyl/N-ethyl adjacent to an activating group) is 1. The second-order valence-electron chi connectivity index (χ2n) is 6.28. The highest BCUT2D eigenvalue weighted by Gasteiger charge is 2.25. The van der Waals surface area contributed by atoms with E-state index in [2.05, 4.69) is 10.2 Å². The van der Waals surface area contributed by atoms with Crippen molar-refractivity contribution in [3.05, 3.63) is 0 Å². The highest BCUT2D eigenvalue weighted by Crippen LogP contribution is 2.13. The van der Waals surface area contributed by atoms with Gasteiger partial charge in [0.1, 0.15) is 0 Å². The molecule has 0 aromatic rings. The average Bonchev–Trinajstić information content (AvgIpc) is 2.43. The topological polar surface area (TPSA) is 61.9 Å². The highest BCUT2D eigenvalue weighted by molar-refractivity contribution is 5.76. The second-order valence-corrected chi connectivity index (χ2v) is 6.28. The van der Waals surface area contributed by atoms with Crippen LogP contribution in [-0.2, 0) is 9.53 Å². The van der Waals surface area contributed by atoms with Crippen LogP contribution in [0.15, 0.2) is 0 Å². The first-order chi connectivity index (χ1) is 9.81. The Morgan fingerprint density at radius 1 is 1.33 bits per heavy atom. The maximum Gasteiger partial charge on any atom is 0.317 e. The fraction of sp³-hybridized carbons (Fsp3) is 0.867. The van der Waals surface area contributed by atoms with Crippen LogP contribution in [0.1, 0.15) is 33.6 Å². The third-order valence-corrected chi connectivity index (χ3v) is 3.73. The molecule has 0 saturated carbocycles. The quantitative estimate of drug-likeness (QED) is 0.778. The van der Waals surface area contributed by atoms with Crippen molar-refractivity contribution in [2.45, 2.75) is 45.8 Å². The number of ether oxygens (including phenoxy) is 1. The third kappa shape index (κ3) is 5.91. The summed E-state index contributed by atoms with van der Waals surface area (Å²) in [6, 6.07) is 0.318. The van der Waals surface area contributed by atoms with E-state index in [9.17, 15) is 9.59 Å². The van der Waals surface area contributed by atoms with Crippen LogP contribution >= 0.6 is 0 Å². The van der Waals surface area contributed by atoms with Gasteiger partial charge < -0.3 is 19.9 Å². The predicted octanol–water partition coefficient (Wildman–Crippen LogP) is 1.31. The van der Waals surface area contributed by atoms with Gasteiger partial charge in [0.25, 0.3) is 0 Å². The molecule has 1 fully saturated rings. The Balaban J connectivity index is 2.37. The molecule has 1 heterocycles. The number of carbonyl (C=O) groups excluding carboxylic acids is 2. The average molecular weight is 299 g/mol. The number of nitrogens with one attached hydrogen (secondary N) is 1. The van der Waals surface area contributed by atoms with Crippen LogP contribution in [0.2, 0.25) is 0 Å². The summed E-state index contributed by atoms with van der Waals surface area (Å²) in [6.45, 7) is 7.23. The molecule has 0 unspecified atom stereocenters. The number of hydrogen-bond donors (Lipinski definition) is 1. The summed E-state index contributed by atoms with van der Waals surface area (Å²) in [5, 5.41) is 2.83. The van der Waals surface area contributed by atoms with E-state index in [0.29, 0.717) is 12.6 Å². The van der Waals surface area contributed by atoms with Crippen LogP contribution in [0.5, 0.6) is 0 Å². The Hall–Kier alpha value is -1.30. The molecule has 122 valence electrons. The number of carbonyl (C=O) groups is 2. The minimum Gasteiger partial charge on any atom is -0.463 e. The smallest absolute Gasteiger partial charge is 0.317 e. The Morgan fingerprint density at radius 2 is 2.00 bits per heavy atom. The minimum atomic E-state index is -0.328. The molecule has 1 saturated heterocycles. The molecule has 1 aliphatic rings. The maximum atomic E-state index is 12.2. The molecule has 1 aliphatic heterocycles. The SMILES string of the molecule is CC(C)OC(=O)[C@@H](C)CNC(=O)N1CCC[C@H](N(C)C)C1. The number of urea groups is 1. The first-order valence-electron chi connectivity index (χ1n) is 7.71. The van der Waals surface area contributed by atoms with Gasteiger partial charge in [0.15, 0.2) is 0 Å². The molecule has 2 atom stereocenters. The van der Waals surface area contributed by atoms with Gasteiger partial charge in [-0.3, -0.25) is 4.79 Å². The molecule has 21 heavy (non-hydrogen) atoms. The predicted molar refractivity (Wildman–Crippen MR) is 82.1 cm³/mol. The van der Waals surface area contributed by atoms with Gasteiger partial charge in [0.05, 0.1) is 12.0 Å². The summed E-state index contributed by atoms with van der Waals surface area (Å²) in [4.78, 5) is 27.8. The standard InChI is InChI=1S/C15H29N3O3/c1-11(2)21-14(19)12(3)9-16-15(20)18-8-6-7-13(10-18)17(4)5/h11-13H,6-10H2,1-5H3,(H,16,20)/t12-,13-/m0/s1. The second kappa shape index (κ2) is 8.22. The summed E-state index contributed by atoms with van der Waals surface area (Å²) in [7, 11) is 4.08. The molecule has 6 heteroatoms. The fourth-order valence-corrected chi connectivity index (χ4v) is 2.34. The molecular formula is C15H29N3O3. The van der Waals surface area contributed by atoms with E-state index in [-0.39, 0.29) is 24.0 Å². The zero-order valence-corrected chi connectivity index (χ0v) is 13.9. The van der Waals surface area contributed by atoms with E-state index in [1.165, 1.54) is 0 Å². The van der Waals surface area contributed by atoms with E-state index >= 15 is 0 Å². The van der Waals surface area contributed by atoms with Gasteiger partial charge in [0, 0.05) is 25.7 Å². The molecular weight excluding hydrogens is 270 g/mol. The zero-order valence-electron chi connectivity index (χ0n) is 13.9. The van der Waals surface area contributed by atoms with Gasteiger partial charge in [-0.1, -0.05) is 6.92 Å². The number of rotatable bonds is 5. The number of nitrogens with zero attached hydrogens (tertiary/aromatic N) is 2. The number of likely N-dealkylation sites (tertiary alicyclic amines) is 1. The van der Waals surface area contributed by atoms with Crippen molar-refractivity contribution in [1.29, 1.82) is 0 Å². The maximum absolute atomic E-state index is 12.2. The lowest BCUT2D eigenvalue weighted by molar-refractivity contribution is -0.151. The largest absolute Gasteiger partial charge is 0.463 e. The number of piperidine rings is 1. The molecule has 0 aromatic heterocycles. The Kier molecular flexibility index (Phi) is 6.95. The molecule has 0 spiro atoms. The molecule has 0 aromatic carbocycles. The van der Waals surface area contributed by atoms with E-state index in [1.807, 2.05) is 32.8 Å². The first kappa shape index (κ1) is 17.8. The van der Waals surface area contributed by atoms with Crippen LogP contribution in [0.25, 0.3) is 0 Å². The van der Waals surface area contributed by atoms with Gasteiger partial charge in [0.2, 0.25) is 0 Å². The van der Waals surface area contributed by atoms with Crippen LogP contribution in [0.4, 0.5) is 4.79 Å². The van der Waals surface area contributed by atoms with Crippen molar-refractivity contribution >= 4 is 12.0 Å². The summed E-state index contributed by atoms with van der Waals surface area (Å²) < 4.78 is 5.13. The summed E-state index contributed by atoms with van der Waals surface area (Å²) in [6.07, 6.45) is 2.01. The van der Waals surface area contributed by atoms with E-state index in [1.54, 1.807) is 6.92 Å². The van der Waals surface area contributed by atoms with Crippen molar-refractivity contribution in [3.63, 3.8) is 0 Å². The van der Waals surface area contributed by atoms with Crippen LogP contribution in [0.3, 0.4) is 0 Å². The Labute approximate surface area is 127 Å². The monoisotopic (exact) mass is 299 g/mol. The Morgan fingerprint density at radius 3 is 2.57 bits per heavy atom. The van der Waals surface area contributed by atoms with Crippen LogP contribution in [0, 0.1) is 5.92 Å². The van der Waals surface area contributed by atoms with Crippen molar-refractivity contribution < 1.29 is 14.3 Å². The summed E-state index contributed by atoms with van der Waals surface area (Å²) in [5.41, 5.74) is 0. The lowest BCUT2D eigenvalue weighted by atomic mass is 10.1. The van der Waals surface area contributed by atoms with Crippen molar-refractivity contribution in [2.75, 3.05) is 33.7 Å². The first-order valence-corrected chi connectivity index (χ1v) is 7.71. The molecule has 1 N–H and O–H groups in total. The molecule has 0 radical (unpaired) electrons. The van der Waals surface area contributed by atoms with Gasteiger partial charge in [-0.2, -0.15) is 0 Å². The van der Waals surface area contributed by atoms with Crippen molar-refractivity contribution in [3.8, 4) is 0 Å².